The molecule has 2 aliphatic rings. The highest BCUT2D eigenvalue weighted by Crippen LogP contribution is 2.32. The molecule has 0 aliphatic heterocycles. The van der Waals surface area contributed by atoms with E-state index in [1.807, 2.05) is 0 Å². The molecule has 0 aromatic heterocycles. The predicted octanol–water partition coefficient (Wildman–Crippen LogP) is 3.88. The van der Waals surface area contributed by atoms with Gasteiger partial charge in [0.05, 0.1) is 0 Å². The van der Waals surface area contributed by atoms with Crippen molar-refractivity contribution in [1.29, 1.82) is 0 Å². The first-order valence-electron chi connectivity index (χ1n) is 5.49. The van der Waals surface area contributed by atoms with E-state index in [9.17, 15) is 0 Å². The second kappa shape index (κ2) is 4.11. The molecule has 0 bridgehead atoms. The largest absolute Gasteiger partial charge is 0.0850 e. The fourth-order valence-corrected chi connectivity index (χ4v) is 2.44. The van der Waals surface area contributed by atoms with E-state index in [0.29, 0.717) is 0 Å². The third kappa shape index (κ3) is 2.12. The van der Waals surface area contributed by atoms with Gasteiger partial charge in [0.25, 0.3) is 0 Å². The first-order chi connectivity index (χ1) is 5.95. The molecule has 0 nitrogen and oxygen atoms in total. The minimum Gasteiger partial charge on any atom is -0.0850 e. The van der Waals surface area contributed by atoms with Gasteiger partial charge in [-0.2, -0.15) is 0 Å². The van der Waals surface area contributed by atoms with Crippen LogP contribution in [0.15, 0.2) is 11.6 Å². The van der Waals surface area contributed by atoms with Crippen molar-refractivity contribution in [3.05, 3.63) is 18.1 Å². The normalized spacial score (nSPS) is 25.8. The molecule has 0 heteroatoms. The van der Waals surface area contributed by atoms with Crippen molar-refractivity contribution in [3.63, 3.8) is 0 Å². The lowest BCUT2D eigenvalue weighted by molar-refractivity contribution is 0.613. The molecule has 1 radical (unpaired) electrons. The SMILES string of the molecule is [CH](C1=CCCCC1)C1CCCC1. The standard InChI is InChI=1S/C12H19/c1-2-6-11(7-3-1)10-12-8-4-5-9-12/h6,10,12H,1-5,7-9H2. The monoisotopic (exact) mass is 163 g/mol. The van der Waals surface area contributed by atoms with E-state index in [-0.39, 0.29) is 0 Å². The van der Waals surface area contributed by atoms with Crippen molar-refractivity contribution in [3.8, 4) is 0 Å². The van der Waals surface area contributed by atoms with E-state index in [0.717, 1.165) is 5.92 Å². The maximum Gasteiger partial charge on any atom is -0.0107 e. The van der Waals surface area contributed by atoms with Crippen LogP contribution in [0.1, 0.15) is 51.4 Å². The molecule has 1 saturated carbocycles. The summed E-state index contributed by atoms with van der Waals surface area (Å²) < 4.78 is 0. The van der Waals surface area contributed by atoms with Gasteiger partial charge in [0.1, 0.15) is 0 Å². The highest BCUT2D eigenvalue weighted by atomic mass is 14.2. The summed E-state index contributed by atoms with van der Waals surface area (Å²) in [7, 11) is 0. The number of hydrogen-bond donors (Lipinski definition) is 0. The van der Waals surface area contributed by atoms with E-state index < -0.39 is 0 Å². The van der Waals surface area contributed by atoms with Crippen molar-refractivity contribution in [2.75, 3.05) is 0 Å². The summed E-state index contributed by atoms with van der Waals surface area (Å²) in [4.78, 5) is 0. The van der Waals surface area contributed by atoms with Crippen molar-refractivity contribution in [2.24, 2.45) is 5.92 Å². The Hall–Kier alpha value is -0.260. The lowest BCUT2D eigenvalue weighted by Crippen LogP contribution is -2.00. The Bertz CT molecular complexity index is 161. The van der Waals surface area contributed by atoms with Crippen molar-refractivity contribution in [2.45, 2.75) is 51.4 Å². The molecule has 0 spiro atoms. The van der Waals surface area contributed by atoms with E-state index in [1.165, 1.54) is 51.4 Å². The van der Waals surface area contributed by atoms with Crippen molar-refractivity contribution >= 4 is 0 Å². The average molecular weight is 163 g/mol. The molecule has 0 aromatic carbocycles. The molecule has 2 aliphatic carbocycles. The summed E-state index contributed by atoms with van der Waals surface area (Å²) in [6.07, 6.45) is 16.4. The zero-order valence-corrected chi connectivity index (χ0v) is 7.89. The quantitative estimate of drug-likeness (QED) is 0.579. The molecule has 0 atom stereocenters. The fourth-order valence-electron chi connectivity index (χ4n) is 2.44. The molecule has 0 saturated heterocycles. The van der Waals surface area contributed by atoms with Crippen LogP contribution in [0.2, 0.25) is 0 Å². The van der Waals surface area contributed by atoms with Gasteiger partial charge in [-0.25, -0.2) is 0 Å². The Balaban J connectivity index is 1.80. The molecule has 2 rings (SSSR count). The Labute approximate surface area is 76.1 Å². The van der Waals surface area contributed by atoms with Crippen LogP contribution < -0.4 is 0 Å². The number of allylic oxidation sites excluding steroid dienone is 2. The van der Waals surface area contributed by atoms with Crippen LogP contribution in [-0.4, -0.2) is 0 Å². The maximum atomic E-state index is 2.56. The van der Waals surface area contributed by atoms with E-state index in [2.05, 4.69) is 12.5 Å². The van der Waals surface area contributed by atoms with Gasteiger partial charge in [0.2, 0.25) is 0 Å². The summed E-state index contributed by atoms with van der Waals surface area (Å²) in [6.45, 7) is 0. The number of rotatable bonds is 2. The van der Waals surface area contributed by atoms with Crippen LogP contribution in [0.5, 0.6) is 0 Å². The fraction of sp³-hybridized carbons (Fsp3) is 0.750. The molecule has 12 heavy (non-hydrogen) atoms. The van der Waals surface area contributed by atoms with Gasteiger partial charge >= 0.3 is 0 Å². The second-order valence-corrected chi connectivity index (χ2v) is 4.24. The molecule has 0 amide bonds. The molecule has 0 unspecified atom stereocenters. The third-order valence-electron chi connectivity index (χ3n) is 3.18. The van der Waals surface area contributed by atoms with E-state index >= 15 is 0 Å². The summed E-state index contributed by atoms with van der Waals surface area (Å²) >= 11 is 0. The summed E-state index contributed by atoms with van der Waals surface area (Å²) in [5.74, 6) is 0.939. The Morgan fingerprint density at radius 2 is 1.92 bits per heavy atom. The average Bonchev–Trinajstić information content (AvgIpc) is 2.59. The zero-order valence-electron chi connectivity index (χ0n) is 7.89. The lowest BCUT2D eigenvalue weighted by atomic mass is 9.90. The molecule has 0 heterocycles. The van der Waals surface area contributed by atoms with Crippen LogP contribution in [0, 0.1) is 12.3 Å². The van der Waals surface area contributed by atoms with Crippen LogP contribution in [0.4, 0.5) is 0 Å². The molecular weight excluding hydrogens is 144 g/mol. The molecule has 1 fully saturated rings. The molecule has 67 valence electrons. The Kier molecular flexibility index (Phi) is 2.86. The minimum atomic E-state index is 0.939. The highest BCUT2D eigenvalue weighted by molar-refractivity contribution is 5.17. The van der Waals surface area contributed by atoms with Gasteiger partial charge in [-0.15, -0.1) is 0 Å². The Morgan fingerprint density at radius 1 is 1.08 bits per heavy atom. The lowest BCUT2D eigenvalue weighted by Gasteiger charge is -2.15. The van der Waals surface area contributed by atoms with E-state index in [4.69, 9.17) is 0 Å². The minimum absolute atomic E-state index is 0.939. The van der Waals surface area contributed by atoms with E-state index in [1.54, 1.807) is 5.57 Å². The highest BCUT2D eigenvalue weighted by Gasteiger charge is 2.17. The molecule has 0 N–H and O–H groups in total. The molecule has 0 aromatic rings. The number of hydrogen-bond acceptors (Lipinski definition) is 0. The zero-order chi connectivity index (χ0) is 8.23. The van der Waals surface area contributed by atoms with Gasteiger partial charge in [-0.05, 0) is 50.9 Å². The summed E-state index contributed by atoms with van der Waals surface area (Å²) in [6, 6.07) is 0. The van der Waals surface area contributed by atoms with Crippen LogP contribution in [0.3, 0.4) is 0 Å². The topological polar surface area (TPSA) is 0 Å². The first-order valence-corrected chi connectivity index (χ1v) is 5.49. The predicted molar refractivity (Wildman–Crippen MR) is 52.8 cm³/mol. The van der Waals surface area contributed by atoms with Gasteiger partial charge < -0.3 is 0 Å². The molecular formula is C12H19. The van der Waals surface area contributed by atoms with Gasteiger partial charge in [0, 0.05) is 0 Å². The van der Waals surface area contributed by atoms with Gasteiger partial charge in [-0.1, -0.05) is 24.5 Å². The second-order valence-electron chi connectivity index (χ2n) is 4.24. The maximum absolute atomic E-state index is 2.56. The summed E-state index contributed by atoms with van der Waals surface area (Å²) in [5, 5.41) is 0. The van der Waals surface area contributed by atoms with Crippen LogP contribution >= 0.6 is 0 Å². The van der Waals surface area contributed by atoms with Crippen molar-refractivity contribution < 1.29 is 0 Å². The van der Waals surface area contributed by atoms with Crippen LogP contribution in [0.25, 0.3) is 0 Å². The van der Waals surface area contributed by atoms with Gasteiger partial charge in [-0.3, -0.25) is 0 Å². The third-order valence-corrected chi connectivity index (χ3v) is 3.18. The van der Waals surface area contributed by atoms with Crippen LogP contribution in [-0.2, 0) is 0 Å². The Morgan fingerprint density at radius 3 is 2.58 bits per heavy atom. The first kappa shape index (κ1) is 8.34. The van der Waals surface area contributed by atoms with Crippen molar-refractivity contribution in [1.82, 2.24) is 0 Å². The smallest absolute Gasteiger partial charge is 0.0107 e. The van der Waals surface area contributed by atoms with Gasteiger partial charge in [0.15, 0.2) is 0 Å². The summed E-state index contributed by atoms with van der Waals surface area (Å²) in [5.41, 5.74) is 1.66.